The molecule has 2 saturated heterocycles. The van der Waals surface area contributed by atoms with E-state index >= 15 is 8.63 Å². The molecule has 3 aliphatic carbocycles. The largest absolute Gasteiger partial charge is 0.663 e. The Hall–Kier alpha value is -2.84. The molecule has 0 aromatic rings. The Balaban J connectivity index is 1.63. The Kier molecular flexibility index (Phi) is 8.51. The number of rotatable bonds is 7. The number of halogens is 2. The van der Waals surface area contributed by atoms with Gasteiger partial charge in [-0.05, 0) is 74.7 Å². The van der Waals surface area contributed by atoms with Gasteiger partial charge < -0.3 is 23.0 Å². The van der Waals surface area contributed by atoms with E-state index in [-0.39, 0.29) is 30.3 Å². The van der Waals surface area contributed by atoms with Crippen molar-refractivity contribution in [2.75, 3.05) is 13.1 Å². The van der Waals surface area contributed by atoms with Crippen LogP contribution in [0.5, 0.6) is 0 Å². The van der Waals surface area contributed by atoms with Crippen molar-refractivity contribution >= 4 is 18.6 Å². The number of Topliss-reactive ketones (excluding diaryl/α,β-unsaturated/α-hetero) is 1. The number of carbonyl (C=O) groups excluding carboxylic acids is 1. The lowest BCUT2D eigenvalue weighted by atomic mass is 9.36. The molecule has 5 nitrogen and oxygen atoms in total. The Morgan fingerprint density at radius 2 is 1.74 bits per heavy atom. The predicted molar refractivity (Wildman–Crippen MR) is 168 cm³/mol. The Morgan fingerprint density at radius 3 is 2.35 bits per heavy atom. The van der Waals surface area contributed by atoms with Crippen LogP contribution in [0.25, 0.3) is 0 Å². The molecule has 43 heavy (non-hydrogen) atoms. The maximum Gasteiger partial charge on any atom is 0.663 e. The second-order valence-electron chi connectivity index (χ2n) is 13.8. The molecule has 2 heterocycles. The topological polar surface area (TPSA) is 58.8 Å². The lowest BCUT2D eigenvalue weighted by Crippen LogP contribution is -2.77. The minimum atomic E-state index is -4.75. The van der Waals surface area contributed by atoms with Crippen molar-refractivity contribution in [2.45, 2.75) is 78.4 Å². The van der Waals surface area contributed by atoms with Crippen LogP contribution in [-0.2, 0) is 14.1 Å². The summed E-state index contributed by atoms with van der Waals surface area (Å²) in [6.45, 7) is 18.0. The van der Waals surface area contributed by atoms with Crippen LogP contribution in [0.1, 0.15) is 66.2 Å². The van der Waals surface area contributed by atoms with Crippen LogP contribution >= 0.6 is 0 Å². The van der Waals surface area contributed by atoms with E-state index in [1.165, 1.54) is 18.9 Å². The SMILES string of the molecule is C=CC[C@@]12C[C@@H](CC=C(C)C)C(C)(C)[C@@](CC=C)(C3O[B-](F)(F)O/C(=C\C=C4C=CC(=[N+]5CCCC5)C=C4)C3C1=O)C2O. The summed E-state index contributed by atoms with van der Waals surface area (Å²) in [4.78, 5) is 14.7. The molecule has 5 rings (SSSR count). The summed E-state index contributed by atoms with van der Waals surface area (Å²) in [6.07, 6.45) is 18.0. The first-order valence-electron chi connectivity index (χ1n) is 15.7. The van der Waals surface area contributed by atoms with Crippen molar-refractivity contribution in [1.82, 2.24) is 0 Å². The van der Waals surface area contributed by atoms with Crippen molar-refractivity contribution in [3.8, 4) is 0 Å². The number of fused-ring (bicyclic) bond motifs is 4. The zero-order valence-electron chi connectivity index (χ0n) is 26.0. The number of aliphatic hydroxyl groups is 1. The van der Waals surface area contributed by atoms with E-state index in [4.69, 9.17) is 9.31 Å². The van der Waals surface area contributed by atoms with E-state index < -0.39 is 41.5 Å². The maximum atomic E-state index is 15.4. The van der Waals surface area contributed by atoms with Crippen LogP contribution in [-0.4, -0.2) is 53.6 Å². The zero-order chi connectivity index (χ0) is 31.2. The highest BCUT2D eigenvalue weighted by Gasteiger charge is 2.75. The van der Waals surface area contributed by atoms with Gasteiger partial charge in [0, 0.05) is 36.5 Å². The van der Waals surface area contributed by atoms with Crippen molar-refractivity contribution in [2.24, 2.45) is 28.1 Å². The standard InChI is InChI=1S/C35H46BF2NO4/c1-7-19-34-23-26(15-11-24(3)4)33(5,6)35(20-8-2,32(34)41)31-29(30(34)40)28(42-36(37,38)43-31)18-14-25-12-16-27(17-13-25)39-21-9-10-22-39/h7-8,11-14,16-18,26,29,31-32,41H,1-2,9-10,15,19-23H2,3-6H3/b28-18-/t26-,29?,31?,32?,34-,35+/m1/s1. The summed E-state index contributed by atoms with van der Waals surface area (Å²) in [5.41, 5.74) is -0.0513. The van der Waals surface area contributed by atoms with Gasteiger partial charge in [-0.1, -0.05) is 43.7 Å². The smallest absolute Gasteiger partial charge is 0.641 e. The molecule has 0 aromatic carbocycles. The molecule has 4 fully saturated rings. The summed E-state index contributed by atoms with van der Waals surface area (Å²) in [5.74, 6) is -1.61. The van der Waals surface area contributed by atoms with E-state index in [2.05, 4.69) is 23.8 Å². The summed E-state index contributed by atoms with van der Waals surface area (Å²) in [6, 6.07) is 0. The van der Waals surface area contributed by atoms with Crippen LogP contribution in [0, 0.1) is 28.1 Å². The van der Waals surface area contributed by atoms with Crippen LogP contribution in [0.4, 0.5) is 8.63 Å². The third kappa shape index (κ3) is 5.18. The van der Waals surface area contributed by atoms with E-state index in [9.17, 15) is 9.90 Å². The van der Waals surface area contributed by atoms with E-state index in [1.807, 2.05) is 52.0 Å². The Morgan fingerprint density at radius 1 is 1.09 bits per heavy atom. The number of aliphatic hydroxyl groups excluding tert-OH is 1. The van der Waals surface area contributed by atoms with E-state index in [1.54, 1.807) is 18.2 Å². The van der Waals surface area contributed by atoms with Crippen LogP contribution in [0.15, 0.2) is 84.7 Å². The predicted octanol–water partition coefficient (Wildman–Crippen LogP) is 7.05. The second-order valence-corrected chi connectivity index (χ2v) is 13.8. The minimum Gasteiger partial charge on any atom is -0.641 e. The average molecular weight is 594 g/mol. The molecule has 0 spiro atoms. The van der Waals surface area contributed by atoms with E-state index in [0.29, 0.717) is 12.8 Å². The Bertz CT molecular complexity index is 1340. The van der Waals surface area contributed by atoms with Crippen LogP contribution in [0.2, 0.25) is 0 Å². The number of hydrogen-bond acceptors (Lipinski definition) is 4. The monoisotopic (exact) mass is 593 g/mol. The molecule has 8 heteroatoms. The molecule has 0 amide bonds. The fraction of sp³-hybridized carbons (Fsp3) is 0.543. The third-order valence-electron chi connectivity index (χ3n) is 10.9. The molecule has 2 saturated carbocycles. The molecule has 232 valence electrons. The van der Waals surface area contributed by atoms with Crippen LogP contribution in [0.3, 0.4) is 0 Å². The molecule has 0 radical (unpaired) electrons. The van der Waals surface area contributed by atoms with Gasteiger partial charge in [0.15, 0.2) is 11.5 Å². The fourth-order valence-corrected chi connectivity index (χ4v) is 8.57. The van der Waals surface area contributed by atoms with Gasteiger partial charge in [-0.25, -0.2) is 4.58 Å². The summed E-state index contributed by atoms with van der Waals surface area (Å²) in [7, 11) is -4.75. The molecule has 1 N–H and O–H groups in total. The number of nitrogens with zero attached hydrogens (tertiary/aromatic N) is 1. The summed E-state index contributed by atoms with van der Waals surface area (Å²) >= 11 is 0. The first-order chi connectivity index (χ1) is 20.3. The van der Waals surface area contributed by atoms with Gasteiger partial charge in [0.05, 0.1) is 23.2 Å². The normalized spacial score (nSPS) is 36.7. The van der Waals surface area contributed by atoms with Gasteiger partial charge in [0.25, 0.3) is 0 Å². The number of hydrogen-bond donors (Lipinski definition) is 1. The highest BCUT2D eigenvalue weighted by molar-refractivity contribution is 6.52. The fourth-order valence-electron chi connectivity index (χ4n) is 8.57. The highest BCUT2D eigenvalue weighted by Crippen LogP contribution is 2.70. The average Bonchev–Trinajstić information content (AvgIpc) is 3.49. The lowest BCUT2D eigenvalue weighted by molar-refractivity contribution is -0.504. The highest BCUT2D eigenvalue weighted by atomic mass is 19.3. The molecule has 3 unspecified atom stereocenters. The van der Waals surface area contributed by atoms with Gasteiger partial charge in [0.2, 0.25) is 0 Å². The third-order valence-corrected chi connectivity index (χ3v) is 10.9. The molecular weight excluding hydrogens is 547 g/mol. The molecule has 5 aliphatic rings. The number of allylic oxidation sites excluding steroid dienone is 11. The van der Waals surface area contributed by atoms with Gasteiger partial charge in [-0.15, -0.1) is 13.2 Å². The van der Waals surface area contributed by atoms with Gasteiger partial charge >= 0.3 is 7.11 Å². The van der Waals surface area contributed by atoms with Crippen LogP contribution < -0.4 is 0 Å². The molecular formula is C35H46BF2NO4. The van der Waals surface area contributed by atoms with Crippen molar-refractivity contribution in [3.63, 3.8) is 0 Å². The lowest BCUT2D eigenvalue weighted by Gasteiger charge is -2.71. The first-order valence-corrected chi connectivity index (χ1v) is 15.7. The summed E-state index contributed by atoms with van der Waals surface area (Å²) in [5, 5.41) is 12.3. The number of ketones is 1. The minimum absolute atomic E-state index is 0.0729. The van der Waals surface area contributed by atoms with E-state index in [0.717, 1.165) is 29.9 Å². The molecule has 2 bridgehead atoms. The van der Waals surface area contributed by atoms with Crippen molar-refractivity contribution in [1.29, 1.82) is 0 Å². The summed E-state index contributed by atoms with van der Waals surface area (Å²) < 4.78 is 43.9. The Labute approximate surface area is 255 Å². The molecule has 2 aliphatic heterocycles. The van der Waals surface area contributed by atoms with Gasteiger partial charge in [-0.3, -0.25) is 4.79 Å². The maximum absolute atomic E-state index is 15.4. The number of carbonyl (C=O) groups is 1. The molecule has 0 aromatic heterocycles. The second kappa shape index (κ2) is 11.6. The van der Waals surface area contributed by atoms with Gasteiger partial charge in [0.1, 0.15) is 13.1 Å². The zero-order valence-corrected chi connectivity index (χ0v) is 26.0. The first kappa shape index (κ1) is 31.6. The molecule has 6 atom stereocenters. The quantitative estimate of drug-likeness (QED) is 0.195. The van der Waals surface area contributed by atoms with Gasteiger partial charge in [-0.2, -0.15) is 0 Å². The van der Waals surface area contributed by atoms with Crippen molar-refractivity contribution < 1.29 is 32.4 Å². The van der Waals surface area contributed by atoms with Crippen molar-refractivity contribution in [3.05, 3.63) is 84.7 Å².